The zero-order chi connectivity index (χ0) is 14.3. The Labute approximate surface area is 110 Å². The summed E-state index contributed by atoms with van der Waals surface area (Å²) >= 11 is 0. The summed E-state index contributed by atoms with van der Waals surface area (Å²) in [6.07, 6.45) is 2.69. The van der Waals surface area contributed by atoms with Crippen molar-refractivity contribution < 1.29 is 14.4 Å². The Morgan fingerprint density at radius 3 is 2.79 bits per heavy atom. The van der Waals surface area contributed by atoms with Crippen LogP contribution in [0.15, 0.2) is 6.20 Å². The van der Waals surface area contributed by atoms with Gasteiger partial charge in [0.25, 0.3) is 0 Å². The average Bonchev–Trinajstić information content (AvgIpc) is 2.75. The molecule has 0 unspecified atom stereocenters. The number of carbonyl (C=O) groups is 3. The molecule has 2 N–H and O–H groups in total. The average molecular weight is 267 g/mol. The fraction of sp³-hybridized carbons (Fsp3) is 0.545. The van der Waals surface area contributed by atoms with E-state index in [1.54, 1.807) is 0 Å². The molecule has 0 aromatic carbocycles. The van der Waals surface area contributed by atoms with Crippen LogP contribution in [0, 0.1) is 5.92 Å². The third-order valence-corrected chi connectivity index (χ3v) is 2.24. The highest BCUT2D eigenvalue weighted by Gasteiger charge is 2.09. The molecule has 1 rings (SSSR count). The number of aldehydes is 1. The topological polar surface area (TPSA) is 106 Å². The van der Waals surface area contributed by atoms with Crippen LogP contribution >= 0.6 is 0 Å². The summed E-state index contributed by atoms with van der Waals surface area (Å²) in [4.78, 5) is 33.2. The number of aromatic nitrogens is 3. The van der Waals surface area contributed by atoms with Gasteiger partial charge in [-0.25, -0.2) is 9.48 Å². The second-order valence-corrected chi connectivity index (χ2v) is 4.45. The number of amides is 3. The maximum Gasteiger partial charge on any atom is 0.321 e. The first-order valence-corrected chi connectivity index (χ1v) is 5.94. The molecular formula is C11H17N5O3. The van der Waals surface area contributed by atoms with E-state index in [-0.39, 0.29) is 12.2 Å². The van der Waals surface area contributed by atoms with Crippen LogP contribution in [-0.2, 0) is 11.3 Å². The van der Waals surface area contributed by atoms with Crippen molar-refractivity contribution in [1.82, 2.24) is 25.6 Å². The Balaban J connectivity index is 2.30. The van der Waals surface area contributed by atoms with Crippen molar-refractivity contribution in [2.24, 2.45) is 5.92 Å². The number of nitrogens with one attached hydrogen (secondary N) is 2. The van der Waals surface area contributed by atoms with Crippen LogP contribution < -0.4 is 10.6 Å². The van der Waals surface area contributed by atoms with E-state index in [0.29, 0.717) is 18.7 Å². The fourth-order valence-electron chi connectivity index (χ4n) is 1.28. The van der Waals surface area contributed by atoms with E-state index in [4.69, 9.17) is 0 Å². The zero-order valence-corrected chi connectivity index (χ0v) is 10.9. The van der Waals surface area contributed by atoms with Crippen LogP contribution in [-0.4, -0.2) is 39.8 Å². The van der Waals surface area contributed by atoms with Gasteiger partial charge in [0.15, 0.2) is 6.29 Å². The summed E-state index contributed by atoms with van der Waals surface area (Å²) in [7, 11) is 0. The molecule has 0 fully saturated rings. The van der Waals surface area contributed by atoms with Crippen molar-refractivity contribution in [1.29, 1.82) is 0 Å². The molecule has 0 aliphatic rings. The lowest BCUT2D eigenvalue weighted by atomic mass is 10.1. The summed E-state index contributed by atoms with van der Waals surface area (Å²) in [5, 5.41) is 11.8. The summed E-state index contributed by atoms with van der Waals surface area (Å²) in [5.74, 6) is -0.0442. The number of hydrogen-bond donors (Lipinski definition) is 2. The van der Waals surface area contributed by atoms with Crippen molar-refractivity contribution >= 4 is 18.2 Å². The van der Waals surface area contributed by atoms with Gasteiger partial charge in [-0.3, -0.25) is 14.9 Å². The quantitative estimate of drug-likeness (QED) is 0.703. The van der Waals surface area contributed by atoms with Gasteiger partial charge in [-0.05, 0) is 12.3 Å². The normalized spacial score (nSPS) is 10.3. The molecule has 0 spiro atoms. The van der Waals surface area contributed by atoms with Gasteiger partial charge in [-0.2, -0.15) is 0 Å². The first-order valence-electron chi connectivity index (χ1n) is 5.94. The van der Waals surface area contributed by atoms with Crippen LogP contribution in [0.5, 0.6) is 0 Å². The number of urea groups is 1. The van der Waals surface area contributed by atoms with Crippen molar-refractivity contribution in [2.75, 3.05) is 6.54 Å². The molecule has 0 bridgehead atoms. The second-order valence-electron chi connectivity index (χ2n) is 4.45. The van der Waals surface area contributed by atoms with Crippen molar-refractivity contribution in [3.05, 3.63) is 11.9 Å². The predicted octanol–water partition coefficient (Wildman–Crippen LogP) is -0.0375. The second kappa shape index (κ2) is 7.24. The summed E-state index contributed by atoms with van der Waals surface area (Å²) in [6.45, 7) is 4.42. The van der Waals surface area contributed by atoms with E-state index in [1.807, 2.05) is 13.8 Å². The van der Waals surface area contributed by atoms with E-state index in [9.17, 15) is 14.4 Å². The molecule has 104 valence electrons. The summed E-state index contributed by atoms with van der Waals surface area (Å²) in [6, 6.07) is -0.540. The lowest BCUT2D eigenvalue weighted by Crippen LogP contribution is -2.41. The van der Waals surface area contributed by atoms with Gasteiger partial charge >= 0.3 is 6.03 Å². The molecule has 0 saturated carbocycles. The van der Waals surface area contributed by atoms with Crippen LogP contribution in [0.4, 0.5) is 4.79 Å². The van der Waals surface area contributed by atoms with E-state index >= 15 is 0 Å². The number of hydrogen-bond acceptors (Lipinski definition) is 5. The van der Waals surface area contributed by atoms with Crippen LogP contribution in [0.3, 0.4) is 0 Å². The SMILES string of the molecule is CC(C)CCNC(=O)NC(=O)Cn1cc(C=O)nn1. The summed E-state index contributed by atoms with van der Waals surface area (Å²) < 4.78 is 1.18. The van der Waals surface area contributed by atoms with E-state index in [2.05, 4.69) is 20.9 Å². The van der Waals surface area contributed by atoms with E-state index in [1.165, 1.54) is 10.9 Å². The lowest BCUT2D eigenvalue weighted by molar-refractivity contribution is -0.120. The maximum atomic E-state index is 11.5. The van der Waals surface area contributed by atoms with Crippen LogP contribution in [0.25, 0.3) is 0 Å². The third-order valence-electron chi connectivity index (χ3n) is 2.24. The van der Waals surface area contributed by atoms with Gasteiger partial charge in [0.2, 0.25) is 5.91 Å². The molecule has 1 heterocycles. The molecule has 1 aromatic heterocycles. The van der Waals surface area contributed by atoms with Gasteiger partial charge in [0, 0.05) is 6.54 Å². The Hall–Kier alpha value is -2.25. The molecule has 0 aliphatic heterocycles. The van der Waals surface area contributed by atoms with Gasteiger partial charge in [0.1, 0.15) is 12.2 Å². The Morgan fingerprint density at radius 2 is 2.21 bits per heavy atom. The molecule has 8 nitrogen and oxygen atoms in total. The first-order chi connectivity index (χ1) is 9.01. The van der Waals surface area contributed by atoms with Gasteiger partial charge in [-0.1, -0.05) is 19.1 Å². The molecule has 3 amide bonds. The smallest absolute Gasteiger partial charge is 0.321 e. The minimum atomic E-state index is -0.540. The first kappa shape index (κ1) is 14.8. The van der Waals surface area contributed by atoms with Crippen molar-refractivity contribution in [3.63, 3.8) is 0 Å². The zero-order valence-electron chi connectivity index (χ0n) is 10.9. The number of nitrogens with zero attached hydrogens (tertiary/aromatic N) is 3. The Kier molecular flexibility index (Phi) is 5.65. The minimum Gasteiger partial charge on any atom is -0.338 e. The minimum absolute atomic E-state index is 0.134. The van der Waals surface area contributed by atoms with Crippen LogP contribution in [0.1, 0.15) is 30.8 Å². The van der Waals surface area contributed by atoms with E-state index in [0.717, 1.165) is 6.42 Å². The fourth-order valence-corrected chi connectivity index (χ4v) is 1.28. The Morgan fingerprint density at radius 1 is 1.47 bits per heavy atom. The molecule has 0 aliphatic carbocycles. The van der Waals surface area contributed by atoms with Gasteiger partial charge in [-0.15, -0.1) is 5.10 Å². The number of rotatable bonds is 6. The van der Waals surface area contributed by atoms with Crippen molar-refractivity contribution in [2.45, 2.75) is 26.8 Å². The van der Waals surface area contributed by atoms with Gasteiger partial charge in [0.05, 0.1) is 6.20 Å². The lowest BCUT2D eigenvalue weighted by Gasteiger charge is -2.07. The highest BCUT2D eigenvalue weighted by Crippen LogP contribution is 1.95. The van der Waals surface area contributed by atoms with Crippen LogP contribution in [0.2, 0.25) is 0 Å². The highest BCUT2D eigenvalue weighted by molar-refractivity contribution is 5.94. The third kappa shape index (κ3) is 5.75. The van der Waals surface area contributed by atoms with E-state index < -0.39 is 11.9 Å². The predicted molar refractivity (Wildman–Crippen MR) is 66.4 cm³/mol. The van der Waals surface area contributed by atoms with Crippen molar-refractivity contribution in [3.8, 4) is 0 Å². The molecule has 1 aromatic rings. The highest BCUT2D eigenvalue weighted by atomic mass is 16.2. The van der Waals surface area contributed by atoms with Gasteiger partial charge < -0.3 is 5.32 Å². The standard InChI is InChI=1S/C11H17N5O3/c1-8(2)3-4-12-11(19)13-10(18)6-16-5-9(7-17)14-15-16/h5,7-8H,3-4,6H2,1-2H3,(H2,12,13,18,19). The maximum absolute atomic E-state index is 11.5. The molecule has 0 saturated heterocycles. The summed E-state index contributed by atoms with van der Waals surface area (Å²) in [5.41, 5.74) is 0.134. The monoisotopic (exact) mass is 267 g/mol. The molecule has 19 heavy (non-hydrogen) atoms. The largest absolute Gasteiger partial charge is 0.338 e. The number of carbonyl (C=O) groups excluding carboxylic acids is 3. The number of imide groups is 1. The molecule has 0 radical (unpaired) electrons. The molecule has 8 heteroatoms. The molecule has 0 atom stereocenters. The Bertz CT molecular complexity index is 455. The molecular weight excluding hydrogens is 250 g/mol.